The van der Waals surface area contributed by atoms with E-state index in [4.69, 9.17) is 0 Å². The summed E-state index contributed by atoms with van der Waals surface area (Å²) >= 11 is 0. The topological polar surface area (TPSA) is 53.6 Å². The van der Waals surface area contributed by atoms with Crippen molar-refractivity contribution in [2.45, 2.75) is 45.1 Å². The SMILES string of the molecule is Cc1[nH]ncc1CCCNC1CCCc2cccnc21. The Morgan fingerprint density at radius 2 is 2.40 bits per heavy atom. The number of aromatic nitrogens is 3. The van der Waals surface area contributed by atoms with E-state index in [9.17, 15) is 0 Å². The highest BCUT2D eigenvalue weighted by molar-refractivity contribution is 5.25. The minimum absolute atomic E-state index is 0.436. The van der Waals surface area contributed by atoms with Crippen LogP contribution in [0.2, 0.25) is 0 Å². The minimum Gasteiger partial charge on any atom is -0.309 e. The molecule has 4 nitrogen and oxygen atoms in total. The van der Waals surface area contributed by atoms with Crippen LogP contribution in [0.15, 0.2) is 24.5 Å². The van der Waals surface area contributed by atoms with Crippen LogP contribution in [0.4, 0.5) is 0 Å². The second-order valence-corrected chi connectivity index (χ2v) is 5.57. The smallest absolute Gasteiger partial charge is 0.0605 e. The number of fused-ring (bicyclic) bond motifs is 1. The maximum absolute atomic E-state index is 4.57. The van der Waals surface area contributed by atoms with Gasteiger partial charge in [-0.15, -0.1) is 0 Å². The standard InChI is InChI=1S/C16H22N4/c1-12-14(11-19-20-12)7-4-9-17-15-8-2-5-13-6-3-10-18-16(13)15/h3,6,10-11,15,17H,2,4-5,7-9H2,1H3,(H,19,20). The summed E-state index contributed by atoms with van der Waals surface area (Å²) in [6.07, 6.45) is 9.71. The first-order chi connectivity index (χ1) is 9.84. The molecule has 1 aliphatic carbocycles. The van der Waals surface area contributed by atoms with Crippen LogP contribution in [0.25, 0.3) is 0 Å². The molecular weight excluding hydrogens is 248 g/mol. The summed E-state index contributed by atoms with van der Waals surface area (Å²) in [6.45, 7) is 3.11. The summed E-state index contributed by atoms with van der Waals surface area (Å²) in [4.78, 5) is 4.57. The summed E-state index contributed by atoms with van der Waals surface area (Å²) in [5, 5.41) is 10.7. The second kappa shape index (κ2) is 6.18. The summed E-state index contributed by atoms with van der Waals surface area (Å²) in [5.74, 6) is 0. The number of hydrogen-bond acceptors (Lipinski definition) is 3. The van der Waals surface area contributed by atoms with Gasteiger partial charge in [0.15, 0.2) is 0 Å². The molecule has 0 bridgehead atoms. The number of aromatic amines is 1. The Bertz CT molecular complexity index is 561. The molecule has 106 valence electrons. The van der Waals surface area contributed by atoms with Gasteiger partial charge in [-0.25, -0.2) is 0 Å². The highest BCUT2D eigenvalue weighted by atomic mass is 15.1. The molecule has 0 saturated carbocycles. The maximum atomic E-state index is 4.57. The van der Waals surface area contributed by atoms with E-state index in [0.29, 0.717) is 6.04 Å². The highest BCUT2D eigenvalue weighted by Gasteiger charge is 2.20. The first kappa shape index (κ1) is 13.3. The Labute approximate surface area is 120 Å². The predicted octanol–water partition coefficient (Wildman–Crippen LogP) is 2.71. The van der Waals surface area contributed by atoms with E-state index >= 15 is 0 Å². The Balaban J connectivity index is 1.51. The lowest BCUT2D eigenvalue weighted by atomic mass is 9.92. The van der Waals surface area contributed by atoms with Crippen molar-refractivity contribution in [3.05, 3.63) is 47.0 Å². The summed E-state index contributed by atoms with van der Waals surface area (Å²) in [5.41, 5.74) is 5.20. The van der Waals surface area contributed by atoms with Gasteiger partial charge in [-0.05, 0) is 62.8 Å². The van der Waals surface area contributed by atoms with Crippen LogP contribution < -0.4 is 5.32 Å². The van der Waals surface area contributed by atoms with E-state index in [-0.39, 0.29) is 0 Å². The van der Waals surface area contributed by atoms with E-state index in [1.165, 1.54) is 41.8 Å². The fourth-order valence-electron chi connectivity index (χ4n) is 2.99. The van der Waals surface area contributed by atoms with Gasteiger partial charge in [0, 0.05) is 17.9 Å². The average Bonchev–Trinajstić information content (AvgIpc) is 2.89. The fourth-order valence-corrected chi connectivity index (χ4v) is 2.99. The molecule has 0 amide bonds. The van der Waals surface area contributed by atoms with E-state index < -0.39 is 0 Å². The van der Waals surface area contributed by atoms with Crippen LogP contribution in [-0.2, 0) is 12.8 Å². The molecule has 0 aromatic carbocycles. The summed E-state index contributed by atoms with van der Waals surface area (Å²) < 4.78 is 0. The third-order valence-electron chi connectivity index (χ3n) is 4.14. The largest absolute Gasteiger partial charge is 0.309 e. The molecule has 0 saturated heterocycles. The number of nitrogens with one attached hydrogen (secondary N) is 2. The van der Waals surface area contributed by atoms with Gasteiger partial charge in [0.25, 0.3) is 0 Å². The van der Waals surface area contributed by atoms with Gasteiger partial charge in [0.1, 0.15) is 0 Å². The Hall–Kier alpha value is -1.68. The average molecular weight is 270 g/mol. The zero-order valence-electron chi connectivity index (χ0n) is 12.0. The molecule has 0 aliphatic heterocycles. The van der Waals surface area contributed by atoms with Crippen molar-refractivity contribution in [2.75, 3.05) is 6.54 Å². The van der Waals surface area contributed by atoms with Gasteiger partial charge in [-0.2, -0.15) is 5.10 Å². The number of aryl methyl sites for hydroxylation is 3. The maximum Gasteiger partial charge on any atom is 0.0605 e. The van der Waals surface area contributed by atoms with Gasteiger partial charge in [0.05, 0.1) is 11.9 Å². The van der Waals surface area contributed by atoms with Crippen LogP contribution in [0.3, 0.4) is 0 Å². The molecule has 2 N–H and O–H groups in total. The van der Waals surface area contributed by atoms with Gasteiger partial charge < -0.3 is 5.32 Å². The first-order valence-electron chi connectivity index (χ1n) is 7.50. The lowest BCUT2D eigenvalue weighted by Gasteiger charge is -2.25. The third-order valence-corrected chi connectivity index (χ3v) is 4.14. The summed E-state index contributed by atoms with van der Waals surface area (Å²) in [7, 11) is 0. The molecule has 2 aromatic heterocycles. The van der Waals surface area contributed by atoms with E-state index in [0.717, 1.165) is 19.4 Å². The van der Waals surface area contributed by atoms with Crippen molar-refractivity contribution >= 4 is 0 Å². The Kier molecular flexibility index (Phi) is 4.11. The third kappa shape index (κ3) is 2.90. The molecule has 1 unspecified atom stereocenters. The van der Waals surface area contributed by atoms with Crippen molar-refractivity contribution in [2.24, 2.45) is 0 Å². The lowest BCUT2D eigenvalue weighted by molar-refractivity contribution is 0.445. The molecule has 3 rings (SSSR count). The van der Waals surface area contributed by atoms with Gasteiger partial charge in [0.2, 0.25) is 0 Å². The molecule has 0 spiro atoms. The van der Waals surface area contributed by atoms with Crippen LogP contribution in [-0.4, -0.2) is 21.7 Å². The molecule has 2 aromatic rings. The fraction of sp³-hybridized carbons (Fsp3) is 0.500. The molecule has 1 aliphatic rings. The van der Waals surface area contributed by atoms with E-state index in [1.807, 2.05) is 18.5 Å². The zero-order chi connectivity index (χ0) is 13.8. The molecule has 0 fully saturated rings. The lowest BCUT2D eigenvalue weighted by Crippen LogP contribution is -2.27. The number of pyridine rings is 1. The predicted molar refractivity (Wildman–Crippen MR) is 79.6 cm³/mol. The van der Waals surface area contributed by atoms with Crippen LogP contribution in [0, 0.1) is 6.92 Å². The molecule has 2 heterocycles. The second-order valence-electron chi connectivity index (χ2n) is 5.57. The normalized spacial score (nSPS) is 17.9. The van der Waals surface area contributed by atoms with Crippen molar-refractivity contribution in [3.63, 3.8) is 0 Å². The highest BCUT2D eigenvalue weighted by Crippen LogP contribution is 2.27. The van der Waals surface area contributed by atoms with Gasteiger partial charge in [-0.1, -0.05) is 6.07 Å². The zero-order valence-corrected chi connectivity index (χ0v) is 12.0. The van der Waals surface area contributed by atoms with Gasteiger partial charge in [-0.3, -0.25) is 10.1 Å². The molecule has 1 atom stereocenters. The number of H-pyrrole nitrogens is 1. The molecule has 0 radical (unpaired) electrons. The molecule has 20 heavy (non-hydrogen) atoms. The number of nitrogens with zero attached hydrogens (tertiary/aromatic N) is 2. The van der Waals surface area contributed by atoms with Crippen molar-refractivity contribution in [3.8, 4) is 0 Å². The Morgan fingerprint density at radius 1 is 1.45 bits per heavy atom. The van der Waals surface area contributed by atoms with Crippen molar-refractivity contribution in [1.29, 1.82) is 0 Å². The van der Waals surface area contributed by atoms with Crippen LogP contribution in [0.5, 0.6) is 0 Å². The molecule has 4 heteroatoms. The number of rotatable bonds is 5. The summed E-state index contributed by atoms with van der Waals surface area (Å²) in [6, 6.07) is 4.69. The molecular formula is C16H22N4. The minimum atomic E-state index is 0.436. The number of hydrogen-bond donors (Lipinski definition) is 2. The van der Waals surface area contributed by atoms with Crippen LogP contribution in [0.1, 0.15) is 47.8 Å². The monoisotopic (exact) mass is 270 g/mol. The quantitative estimate of drug-likeness (QED) is 0.821. The van der Waals surface area contributed by atoms with E-state index in [1.54, 1.807) is 0 Å². The van der Waals surface area contributed by atoms with E-state index in [2.05, 4.69) is 33.5 Å². The van der Waals surface area contributed by atoms with Crippen LogP contribution >= 0.6 is 0 Å². The van der Waals surface area contributed by atoms with Crippen molar-refractivity contribution < 1.29 is 0 Å². The Morgan fingerprint density at radius 3 is 3.25 bits per heavy atom. The van der Waals surface area contributed by atoms with Gasteiger partial charge >= 0.3 is 0 Å². The van der Waals surface area contributed by atoms with Crippen molar-refractivity contribution in [1.82, 2.24) is 20.5 Å². The first-order valence-corrected chi connectivity index (χ1v) is 7.50.